The molecule has 6 heteroatoms. The van der Waals surface area contributed by atoms with Gasteiger partial charge in [0.15, 0.2) is 23.3 Å². The van der Waals surface area contributed by atoms with Gasteiger partial charge < -0.3 is 11.1 Å². The molecule has 18 heavy (non-hydrogen) atoms. The van der Waals surface area contributed by atoms with Crippen molar-refractivity contribution in [3.8, 4) is 0 Å². The van der Waals surface area contributed by atoms with Crippen molar-refractivity contribution >= 4 is 11.6 Å². The zero-order chi connectivity index (χ0) is 13.1. The van der Waals surface area contributed by atoms with Crippen LogP contribution in [0.1, 0.15) is 11.1 Å². The summed E-state index contributed by atoms with van der Waals surface area (Å²) >= 11 is 0. The summed E-state index contributed by atoms with van der Waals surface area (Å²) in [5, 5.41) is 2.78. The van der Waals surface area contributed by atoms with E-state index in [0.717, 1.165) is 11.1 Å². The van der Waals surface area contributed by atoms with E-state index in [0.29, 0.717) is 12.6 Å². The van der Waals surface area contributed by atoms with Gasteiger partial charge in [-0.1, -0.05) is 0 Å². The average molecular weight is 250 g/mol. The van der Waals surface area contributed by atoms with Crippen molar-refractivity contribution in [1.82, 2.24) is 9.97 Å². The minimum atomic E-state index is -0.863. The Labute approximate surface area is 103 Å². The van der Waals surface area contributed by atoms with Crippen LogP contribution in [0.15, 0.2) is 24.5 Å². The maximum absolute atomic E-state index is 13.4. The highest BCUT2D eigenvalue weighted by Crippen LogP contribution is 2.17. The fraction of sp³-hybridized carbons (Fsp3) is 0.167. The Morgan fingerprint density at radius 2 is 2.11 bits per heavy atom. The lowest BCUT2D eigenvalue weighted by Gasteiger charge is -2.09. The fourth-order valence-electron chi connectivity index (χ4n) is 1.48. The molecule has 94 valence electrons. The van der Waals surface area contributed by atoms with Crippen LogP contribution in [-0.2, 0) is 6.54 Å². The van der Waals surface area contributed by atoms with Crippen LogP contribution in [0.25, 0.3) is 0 Å². The molecule has 0 amide bonds. The molecule has 2 aromatic heterocycles. The second-order valence-corrected chi connectivity index (χ2v) is 3.84. The summed E-state index contributed by atoms with van der Waals surface area (Å²) in [7, 11) is 0. The lowest BCUT2D eigenvalue weighted by atomic mass is 10.1. The van der Waals surface area contributed by atoms with E-state index in [9.17, 15) is 8.78 Å². The van der Waals surface area contributed by atoms with Crippen LogP contribution in [0.2, 0.25) is 0 Å². The molecule has 0 saturated heterocycles. The zero-order valence-electron chi connectivity index (χ0n) is 9.74. The van der Waals surface area contributed by atoms with Crippen molar-refractivity contribution < 1.29 is 8.78 Å². The molecule has 0 aliphatic heterocycles. The Kier molecular flexibility index (Phi) is 3.36. The predicted molar refractivity (Wildman–Crippen MR) is 64.9 cm³/mol. The van der Waals surface area contributed by atoms with Crippen molar-refractivity contribution in [3.63, 3.8) is 0 Å². The lowest BCUT2D eigenvalue weighted by Crippen LogP contribution is -2.07. The summed E-state index contributed by atoms with van der Waals surface area (Å²) < 4.78 is 26.3. The summed E-state index contributed by atoms with van der Waals surface area (Å²) in [5.41, 5.74) is 7.21. The number of rotatable bonds is 3. The van der Waals surface area contributed by atoms with Gasteiger partial charge in [0, 0.05) is 25.0 Å². The Morgan fingerprint density at radius 1 is 1.33 bits per heavy atom. The first-order valence-corrected chi connectivity index (χ1v) is 5.33. The largest absolute Gasteiger partial charge is 0.381 e. The summed E-state index contributed by atoms with van der Waals surface area (Å²) in [5.74, 6) is -2.03. The van der Waals surface area contributed by atoms with Crippen LogP contribution >= 0.6 is 0 Å². The van der Waals surface area contributed by atoms with Gasteiger partial charge in [0.2, 0.25) is 0 Å². The third kappa shape index (κ3) is 2.53. The van der Waals surface area contributed by atoms with Crippen LogP contribution in [0.5, 0.6) is 0 Å². The van der Waals surface area contributed by atoms with Crippen LogP contribution in [-0.4, -0.2) is 9.97 Å². The van der Waals surface area contributed by atoms with Crippen molar-refractivity contribution in [2.45, 2.75) is 13.5 Å². The lowest BCUT2D eigenvalue weighted by molar-refractivity contribution is 0.579. The van der Waals surface area contributed by atoms with Crippen LogP contribution in [0, 0.1) is 18.6 Å². The van der Waals surface area contributed by atoms with E-state index in [4.69, 9.17) is 5.73 Å². The molecule has 0 aliphatic carbocycles. The quantitative estimate of drug-likeness (QED) is 0.877. The molecular weight excluding hydrogens is 238 g/mol. The molecule has 0 bridgehead atoms. The smallest absolute Gasteiger partial charge is 0.168 e. The first-order valence-electron chi connectivity index (χ1n) is 5.33. The number of aromatic nitrogens is 2. The molecule has 0 spiro atoms. The van der Waals surface area contributed by atoms with E-state index < -0.39 is 11.6 Å². The summed E-state index contributed by atoms with van der Waals surface area (Å²) in [4.78, 5) is 7.57. The summed E-state index contributed by atoms with van der Waals surface area (Å²) in [6, 6.07) is 2.52. The molecule has 0 aliphatic rings. The minimum absolute atomic E-state index is 0.0647. The maximum atomic E-state index is 13.4. The van der Waals surface area contributed by atoms with E-state index in [2.05, 4.69) is 15.3 Å². The third-order valence-corrected chi connectivity index (χ3v) is 2.54. The van der Waals surface area contributed by atoms with E-state index in [1.54, 1.807) is 12.4 Å². The SMILES string of the molecule is Cc1cnccc1CNc1nc(N)c(F)cc1F. The number of halogens is 2. The molecule has 2 rings (SSSR count). The van der Waals surface area contributed by atoms with Crippen molar-refractivity contribution in [3.05, 3.63) is 47.3 Å². The number of hydrogen-bond acceptors (Lipinski definition) is 4. The number of aryl methyl sites for hydroxylation is 1. The minimum Gasteiger partial charge on any atom is -0.381 e. The van der Waals surface area contributed by atoms with Gasteiger partial charge in [0.25, 0.3) is 0 Å². The monoisotopic (exact) mass is 250 g/mol. The van der Waals surface area contributed by atoms with Gasteiger partial charge >= 0.3 is 0 Å². The Balaban J connectivity index is 2.16. The molecule has 0 saturated carbocycles. The molecule has 4 nitrogen and oxygen atoms in total. The molecule has 0 aromatic carbocycles. The normalized spacial score (nSPS) is 10.4. The highest BCUT2D eigenvalue weighted by atomic mass is 19.1. The molecule has 2 aromatic rings. The first-order chi connectivity index (χ1) is 8.58. The second kappa shape index (κ2) is 4.95. The van der Waals surface area contributed by atoms with Crippen LogP contribution < -0.4 is 11.1 Å². The Morgan fingerprint density at radius 3 is 2.83 bits per heavy atom. The summed E-state index contributed by atoms with van der Waals surface area (Å²) in [6.45, 7) is 2.26. The van der Waals surface area contributed by atoms with E-state index in [1.165, 1.54) is 0 Å². The van der Waals surface area contributed by atoms with Gasteiger partial charge in [-0.15, -0.1) is 0 Å². The van der Waals surface area contributed by atoms with Crippen molar-refractivity contribution in [2.75, 3.05) is 11.1 Å². The second-order valence-electron chi connectivity index (χ2n) is 3.84. The molecule has 0 fully saturated rings. The van der Waals surface area contributed by atoms with Gasteiger partial charge in [-0.2, -0.15) is 0 Å². The van der Waals surface area contributed by atoms with Gasteiger partial charge in [0.1, 0.15) is 0 Å². The first kappa shape index (κ1) is 12.2. The topological polar surface area (TPSA) is 63.8 Å². The molecule has 0 unspecified atom stereocenters. The average Bonchev–Trinajstić information content (AvgIpc) is 2.34. The summed E-state index contributed by atoms with van der Waals surface area (Å²) in [6.07, 6.45) is 3.35. The van der Waals surface area contributed by atoms with Gasteiger partial charge in [-0.3, -0.25) is 4.98 Å². The Bertz CT molecular complexity index is 572. The zero-order valence-corrected chi connectivity index (χ0v) is 9.74. The number of nitrogen functional groups attached to an aromatic ring is 1. The van der Waals surface area contributed by atoms with Crippen molar-refractivity contribution in [2.24, 2.45) is 0 Å². The number of pyridine rings is 2. The fourth-order valence-corrected chi connectivity index (χ4v) is 1.48. The number of nitrogens with zero attached hydrogens (tertiary/aromatic N) is 2. The highest BCUT2D eigenvalue weighted by molar-refractivity contribution is 5.45. The van der Waals surface area contributed by atoms with E-state index >= 15 is 0 Å². The third-order valence-electron chi connectivity index (χ3n) is 2.54. The molecule has 2 heterocycles. The Hall–Kier alpha value is -2.24. The van der Waals surface area contributed by atoms with Gasteiger partial charge in [0.05, 0.1) is 0 Å². The van der Waals surface area contributed by atoms with Crippen LogP contribution in [0.3, 0.4) is 0 Å². The number of nitrogens with one attached hydrogen (secondary N) is 1. The molecule has 3 N–H and O–H groups in total. The van der Waals surface area contributed by atoms with Crippen molar-refractivity contribution in [1.29, 1.82) is 0 Å². The van der Waals surface area contributed by atoms with Gasteiger partial charge in [-0.25, -0.2) is 13.8 Å². The standard InChI is InChI=1S/C12H12F2N4/c1-7-5-16-3-2-8(7)6-17-12-10(14)4-9(13)11(15)18-12/h2-5H,6H2,1H3,(H3,15,17,18). The highest BCUT2D eigenvalue weighted by Gasteiger charge is 2.09. The maximum Gasteiger partial charge on any atom is 0.168 e. The van der Waals surface area contributed by atoms with E-state index in [-0.39, 0.29) is 11.6 Å². The number of hydrogen-bond donors (Lipinski definition) is 2. The van der Waals surface area contributed by atoms with E-state index in [1.807, 2.05) is 13.0 Å². The number of anilines is 2. The molecule has 0 radical (unpaired) electrons. The van der Waals surface area contributed by atoms with Crippen LogP contribution in [0.4, 0.5) is 20.4 Å². The molecule has 0 atom stereocenters. The van der Waals surface area contributed by atoms with Gasteiger partial charge in [-0.05, 0) is 24.1 Å². The molecular formula is C12H12F2N4. The predicted octanol–water partition coefficient (Wildman–Crippen LogP) is 2.26. The number of nitrogens with two attached hydrogens (primary N) is 1.